The van der Waals surface area contributed by atoms with E-state index in [9.17, 15) is 31.2 Å². The molecule has 47 heavy (non-hydrogen) atoms. The summed E-state index contributed by atoms with van der Waals surface area (Å²) >= 11 is 0. The lowest BCUT2D eigenvalue weighted by Crippen LogP contribution is -2.44. The van der Waals surface area contributed by atoms with E-state index < -0.39 is 39.9 Å². The number of alkyl halides is 3. The number of carbonyl (C=O) groups excluding carboxylic acids is 2. The molecule has 0 radical (unpaired) electrons. The normalized spacial score (nSPS) is 14.8. The fourth-order valence-corrected chi connectivity index (χ4v) is 5.55. The fourth-order valence-electron chi connectivity index (χ4n) is 5.05. The van der Waals surface area contributed by atoms with Gasteiger partial charge in [0.25, 0.3) is 10.1 Å². The number of nitrogens with zero attached hydrogens (tertiary/aromatic N) is 4. The molecule has 3 aromatic rings. The van der Waals surface area contributed by atoms with Gasteiger partial charge in [-0.2, -0.15) is 26.9 Å². The highest BCUT2D eigenvalue weighted by Gasteiger charge is 2.38. The highest BCUT2D eigenvalue weighted by atomic mass is 32.2. The van der Waals surface area contributed by atoms with Crippen molar-refractivity contribution < 1.29 is 35.7 Å². The summed E-state index contributed by atoms with van der Waals surface area (Å²) in [5.41, 5.74) is 2.71. The van der Waals surface area contributed by atoms with Gasteiger partial charge in [-0.1, -0.05) is 36.4 Å². The van der Waals surface area contributed by atoms with E-state index in [-0.39, 0.29) is 36.9 Å². The van der Waals surface area contributed by atoms with Gasteiger partial charge in [-0.15, -0.1) is 0 Å². The van der Waals surface area contributed by atoms with Crippen molar-refractivity contribution in [2.24, 2.45) is 0 Å². The van der Waals surface area contributed by atoms with Crippen LogP contribution in [0, 0.1) is 11.3 Å². The molecule has 250 valence electrons. The number of rotatable bonds is 13. The first-order valence-corrected chi connectivity index (χ1v) is 16.5. The van der Waals surface area contributed by atoms with Gasteiger partial charge in [-0.25, -0.2) is 14.8 Å². The summed E-state index contributed by atoms with van der Waals surface area (Å²) in [5, 5.41) is 16.9. The van der Waals surface area contributed by atoms with E-state index in [2.05, 4.69) is 25.9 Å². The summed E-state index contributed by atoms with van der Waals surface area (Å²) in [5.74, 6) is -2.08. The summed E-state index contributed by atoms with van der Waals surface area (Å²) in [4.78, 5) is 34.1. The van der Waals surface area contributed by atoms with E-state index in [0.717, 1.165) is 11.1 Å². The van der Waals surface area contributed by atoms with Gasteiger partial charge in [-0.3, -0.25) is 9.35 Å². The molecule has 1 atom stereocenters. The van der Waals surface area contributed by atoms with E-state index >= 15 is 0 Å². The van der Waals surface area contributed by atoms with Crippen molar-refractivity contribution in [2.45, 2.75) is 44.3 Å². The second kappa shape index (κ2) is 15.7. The summed E-state index contributed by atoms with van der Waals surface area (Å²) in [6, 6.07) is 15.9. The van der Waals surface area contributed by atoms with Gasteiger partial charge in [0.1, 0.15) is 11.9 Å². The molecule has 0 spiro atoms. The van der Waals surface area contributed by atoms with E-state index in [1.807, 2.05) is 6.07 Å². The van der Waals surface area contributed by atoms with Crippen LogP contribution in [-0.2, 0) is 33.9 Å². The molecule has 1 aliphatic rings. The molecule has 16 heteroatoms. The number of hydrogen-bond donors (Lipinski definition) is 4. The van der Waals surface area contributed by atoms with Gasteiger partial charge in [0.2, 0.25) is 11.7 Å². The molecule has 4 rings (SSSR count). The molecule has 2 aromatic carbocycles. The number of anilines is 1. The Labute approximate surface area is 270 Å². The van der Waals surface area contributed by atoms with Crippen LogP contribution in [0.2, 0.25) is 0 Å². The molecule has 12 nitrogen and oxygen atoms in total. The van der Waals surface area contributed by atoms with Crippen LogP contribution in [0.4, 0.5) is 23.8 Å². The first kappa shape index (κ1) is 35.1. The third kappa shape index (κ3) is 10.6. The van der Waals surface area contributed by atoms with Gasteiger partial charge < -0.3 is 20.9 Å². The number of carbonyl (C=O) groups is 2. The highest BCUT2D eigenvalue weighted by molar-refractivity contribution is 7.85. The number of amides is 3. The fraction of sp³-hybridized carbons (Fsp3) is 0.387. The minimum absolute atomic E-state index is 0.00273. The monoisotopic (exact) mass is 673 g/mol. The quantitative estimate of drug-likeness (QED) is 0.156. The Kier molecular flexibility index (Phi) is 11.7. The Morgan fingerprint density at radius 1 is 0.957 bits per heavy atom. The maximum Gasteiger partial charge on any atom is 0.451 e. The van der Waals surface area contributed by atoms with Crippen molar-refractivity contribution in [3.8, 4) is 17.3 Å². The highest BCUT2D eigenvalue weighted by Crippen LogP contribution is 2.33. The van der Waals surface area contributed by atoms with E-state index in [0.29, 0.717) is 49.9 Å². The molecular formula is C31H34F3N7O5S. The average Bonchev–Trinajstić information content (AvgIpc) is 3.53. The van der Waals surface area contributed by atoms with E-state index in [1.54, 1.807) is 53.4 Å². The Morgan fingerprint density at radius 2 is 1.57 bits per heavy atom. The predicted octanol–water partition coefficient (Wildman–Crippen LogP) is 3.48. The topological polar surface area (TPSA) is 177 Å². The molecule has 0 saturated carbocycles. The van der Waals surface area contributed by atoms with Crippen LogP contribution in [0.15, 0.2) is 54.6 Å². The van der Waals surface area contributed by atoms with Crippen molar-refractivity contribution >= 4 is 27.9 Å². The minimum atomic E-state index is -4.82. The zero-order valence-corrected chi connectivity index (χ0v) is 26.1. The second-order valence-corrected chi connectivity index (χ2v) is 12.5. The third-order valence-corrected chi connectivity index (χ3v) is 8.23. The summed E-state index contributed by atoms with van der Waals surface area (Å²) in [6.45, 7) is 0.970. The second-order valence-electron chi connectivity index (χ2n) is 10.9. The molecule has 1 fully saturated rings. The number of aromatic nitrogens is 2. The number of nitrogens with one attached hydrogen (secondary N) is 3. The number of hydrogen-bond acceptors (Lipinski definition) is 8. The lowest BCUT2D eigenvalue weighted by atomic mass is 10.1. The first-order chi connectivity index (χ1) is 22.3. The van der Waals surface area contributed by atoms with E-state index in [4.69, 9.17) is 9.81 Å². The Balaban J connectivity index is 1.38. The average molecular weight is 674 g/mol. The number of urea groups is 1. The minimum Gasteiger partial charge on any atom is -0.354 e. The van der Waals surface area contributed by atoms with Crippen LogP contribution in [-0.4, -0.2) is 72.9 Å². The lowest BCUT2D eigenvalue weighted by molar-refractivity contribution is -0.144. The van der Waals surface area contributed by atoms with Crippen molar-refractivity contribution in [1.82, 2.24) is 25.9 Å². The summed E-state index contributed by atoms with van der Waals surface area (Å²) < 4.78 is 71.8. The molecule has 1 saturated heterocycles. The summed E-state index contributed by atoms with van der Waals surface area (Å²) in [7, 11) is -4.09. The zero-order valence-electron chi connectivity index (χ0n) is 25.3. The van der Waals surface area contributed by atoms with Gasteiger partial charge in [0, 0.05) is 37.8 Å². The van der Waals surface area contributed by atoms with Crippen LogP contribution in [0.1, 0.15) is 41.8 Å². The van der Waals surface area contributed by atoms with Crippen LogP contribution in [0.3, 0.4) is 0 Å². The zero-order chi connectivity index (χ0) is 34.0. The van der Waals surface area contributed by atoms with E-state index in [1.165, 1.54) is 6.07 Å². The maximum atomic E-state index is 13.9. The number of nitriles is 1. The van der Waals surface area contributed by atoms with Crippen LogP contribution < -0.4 is 20.9 Å². The number of halogens is 3. The Morgan fingerprint density at radius 3 is 2.19 bits per heavy atom. The smallest absolute Gasteiger partial charge is 0.354 e. The Bertz CT molecular complexity index is 1700. The molecule has 0 unspecified atom stereocenters. The molecule has 1 aromatic heterocycles. The summed E-state index contributed by atoms with van der Waals surface area (Å²) in [6.07, 6.45) is -2.77. The molecule has 1 aliphatic heterocycles. The van der Waals surface area contributed by atoms with Crippen molar-refractivity contribution in [3.63, 3.8) is 0 Å². The largest absolute Gasteiger partial charge is 0.451 e. The van der Waals surface area contributed by atoms with Crippen LogP contribution >= 0.6 is 0 Å². The van der Waals surface area contributed by atoms with Gasteiger partial charge in [0.05, 0.1) is 23.1 Å². The standard InChI is InChI=1S/C31H34F3N7O5S/c32-31(33,34)29-39-25(24-10-8-22(9-11-24)13-16-38-30(43)37-14-2-18-47(44,45)46)19-27(40-29)41-17-1-3-26(41)28(42)36-15-12-21-4-6-23(20-35)7-5-21/h4-11,19,26H,1-3,12-18H2,(H,36,42)(H2,37,38,43)(H,44,45,46)/t26-/m0/s1. The molecule has 4 N–H and O–H groups in total. The molecule has 2 heterocycles. The van der Waals surface area contributed by atoms with Gasteiger partial charge in [0.15, 0.2) is 0 Å². The first-order valence-electron chi connectivity index (χ1n) is 14.9. The predicted molar refractivity (Wildman–Crippen MR) is 167 cm³/mol. The van der Waals surface area contributed by atoms with Crippen molar-refractivity contribution in [1.29, 1.82) is 5.26 Å². The van der Waals surface area contributed by atoms with Gasteiger partial charge >= 0.3 is 12.2 Å². The maximum absolute atomic E-state index is 13.9. The molecule has 3 amide bonds. The SMILES string of the molecule is N#Cc1ccc(CCNC(=O)[C@@H]2CCCN2c2cc(-c3ccc(CCNC(=O)NCCCS(=O)(=O)O)cc3)nc(C(F)(F)F)n2)cc1. The van der Waals surface area contributed by atoms with Crippen LogP contribution in [0.25, 0.3) is 11.3 Å². The Hall–Kier alpha value is -4.75. The lowest BCUT2D eigenvalue weighted by Gasteiger charge is -2.26. The molecule has 0 bridgehead atoms. The third-order valence-electron chi connectivity index (χ3n) is 7.43. The molecule has 0 aliphatic carbocycles. The van der Waals surface area contributed by atoms with Crippen molar-refractivity contribution in [2.75, 3.05) is 36.8 Å². The van der Waals surface area contributed by atoms with Crippen molar-refractivity contribution in [3.05, 3.63) is 77.1 Å². The number of benzene rings is 2. The van der Waals surface area contributed by atoms with Crippen LogP contribution in [0.5, 0.6) is 0 Å². The van der Waals surface area contributed by atoms with Gasteiger partial charge in [-0.05, 0) is 55.4 Å². The molecular weight excluding hydrogens is 639 g/mol.